The zero-order valence-electron chi connectivity index (χ0n) is 8.03. The lowest BCUT2D eigenvalue weighted by molar-refractivity contribution is 0.0535. The smallest absolute Gasteiger partial charge is 0.338 e. The van der Waals surface area contributed by atoms with Gasteiger partial charge in [0.25, 0.3) is 0 Å². The number of aliphatic hydroxyl groups excluding tert-OH is 1. The lowest BCUT2D eigenvalue weighted by Crippen LogP contribution is -2.07. The van der Waals surface area contributed by atoms with Gasteiger partial charge >= 0.3 is 5.97 Å². The van der Waals surface area contributed by atoms with Crippen molar-refractivity contribution in [3.63, 3.8) is 0 Å². The molecular formula is C10H12ClNO3. The number of benzene rings is 1. The van der Waals surface area contributed by atoms with E-state index in [0.717, 1.165) is 11.3 Å². The van der Waals surface area contributed by atoms with Gasteiger partial charge in [0.15, 0.2) is 0 Å². The highest BCUT2D eigenvalue weighted by Gasteiger charge is 2.22. The summed E-state index contributed by atoms with van der Waals surface area (Å²) in [6, 6.07) is 5.41. The second-order valence-electron chi connectivity index (χ2n) is 3.06. The molecule has 15 heavy (non-hydrogen) atoms. The summed E-state index contributed by atoms with van der Waals surface area (Å²) in [4.78, 5) is 11.2. The van der Waals surface area contributed by atoms with E-state index in [2.05, 4.69) is 5.32 Å². The first-order valence-electron chi connectivity index (χ1n) is 4.46. The maximum absolute atomic E-state index is 11.2. The van der Waals surface area contributed by atoms with Gasteiger partial charge in [-0.1, -0.05) is 6.07 Å². The van der Waals surface area contributed by atoms with Crippen LogP contribution in [0.4, 0.5) is 5.69 Å². The van der Waals surface area contributed by atoms with Crippen LogP contribution in [0.25, 0.3) is 0 Å². The summed E-state index contributed by atoms with van der Waals surface area (Å²) in [5.74, 6) is -0.271. The van der Waals surface area contributed by atoms with E-state index in [1.165, 1.54) is 0 Å². The minimum atomic E-state index is -0.271. The number of fused-ring (bicyclic) bond motifs is 1. The van der Waals surface area contributed by atoms with Crippen LogP contribution in [0.15, 0.2) is 18.2 Å². The van der Waals surface area contributed by atoms with E-state index in [9.17, 15) is 4.79 Å². The van der Waals surface area contributed by atoms with E-state index in [1.807, 2.05) is 6.07 Å². The number of rotatable bonds is 3. The number of nitrogens with one attached hydrogen (secondary N) is 1. The monoisotopic (exact) mass is 229 g/mol. The molecule has 2 rings (SSSR count). The highest BCUT2D eigenvalue weighted by Crippen LogP contribution is 2.26. The van der Waals surface area contributed by atoms with Gasteiger partial charge in [-0.2, -0.15) is 0 Å². The molecule has 0 saturated carbocycles. The molecule has 4 nitrogen and oxygen atoms in total. The van der Waals surface area contributed by atoms with Crippen LogP contribution in [-0.2, 0) is 11.3 Å². The van der Waals surface area contributed by atoms with Crippen molar-refractivity contribution in [3.8, 4) is 0 Å². The summed E-state index contributed by atoms with van der Waals surface area (Å²) in [5.41, 5.74) is 2.36. The molecule has 1 aliphatic heterocycles. The van der Waals surface area contributed by atoms with Crippen molar-refractivity contribution >= 4 is 24.1 Å². The second-order valence-corrected chi connectivity index (χ2v) is 3.06. The Morgan fingerprint density at radius 1 is 1.47 bits per heavy atom. The van der Waals surface area contributed by atoms with Gasteiger partial charge < -0.3 is 15.2 Å². The van der Waals surface area contributed by atoms with Crippen molar-refractivity contribution in [2.24, 2.45) is 0 Å². The third-order valence-electron chi connectivity index (χ3n) is 2.17. The summed E-state index contributed by atoms with van der Waals surface area (Å²) in [6.45, 7) is 0.867. The first-order chi connectivity index (χ1) is 6.83. The van der Waals surface area contributed by atoms with Crippen LogP contribution in [0.1, 0.15) is 15.9 Å². The lowest BCUT2D eigenvalue weighted by Gasteiger charge is -2.07. The van der Waals surface area contributed by atoms with Gasteiger partial charge in [0, 0.05) is 17.8 Å². The number of halogens is 1. The maximum atomic E-state index is 11.2. The number of hydrogen-bond acceptors (Lipinski definition) is 4. The fraction of sp³-hybridized carbons (Fsp3) is 0.300. The second kappa shape index (κ2) is 5.00. The van der Waals surface area contributed by atoms with Crippen LogP contribution in [0.3, 0.4) is 0 Å². The van der Waals surface area contributed by atoms with Gasteiger partial charge in [-0.05, 0) is 12.1 Å². The van der Waals surface area contributed by atoms with Crippen molar-refractivity contribution in [2.45, 2.75) is 6.61 Å². The van der Waals surface area contributed by atoms with E-state index in [-0.39, 0.29) is 25.0 Å². The van der Waals surface area contributed by atoms with Gasteiger partial charge in [0.2, 0.25) is 0 Å². The molecule has 0 spiro atoms. The number of esters is 1. The van der Waals surface area contributed by atoms with E-state index < -0.39 is 0 Å². The average Bonchev–Trinajstić information content (AvgIpc) is 2.58. The van der Waals surface area contributed by atoms with Gasteiger partial charge in [0.05, 0.1) is 12.2 Å². The Labute approximate surface area is 93.7 Å². The molecule has 1 heterocycles. The molecule has 82 valence electrons. The number of anilines is 1. The van der Waals surface area contributed by atoms with Crippen molar-refractivity contribution in [2.75, 3.05) is 18.5 Å². The Balaban J connectivity index is 0.00000112. The van der Waals surface area contributed by atoms with Crippen LogP contribution in [0, 0.1) is 0 Å². The van der Waals surface area contributed by atoms with Gasteiger partial charge in [0.1, 0.15) is 6.61 Å². The molecule has 0 saturated heterocycles. The number of carbonyl (C=O) groups is 1. The predicted molar refractivity (Wildman–Crippen MR) is 58.4 cm³/mol. The highest BCUT2D eigenvalue weighted by molar-refractivity contribution is 5.95. The quantitative estimate of drug-likeness (QED) is 0.765. The van der Waals surface area contributed by atoms with Crippen LogP contribution >= 0.6 is 12.4 Å². The molecule has 0 radical (unpaired) electrons. The van der Waals surface area contributed by atoms with Crippen molar-refractivity contribution in [3.05, 3.63) is 29.3 Å². The highest BCUT2D eigenvalue weighted by atomic mass is 35.5. The largest absolute Gasteiger partial charge is 0.457 e. The Kier molecular flexibility index (Phi) is 3.94. The molecule has 1 aliphatic rings. The predicted octanol–water partition coefficient (Wildman–Crippen LogP) is 1.18. The van der Waals surface area contributed by atoms with Gasteiger partial charge in [-0.3, -0.25) is 0 Å². The molecule has 0 fully saturated rings. The molecule has 0 aliphatic carbocycles. The summed E-state index contributed by atoms with van der Waals surface area (Å²) >= 11 is 0. The average molecular weight is 230 g/mol. The van der Waals surface area contributed by atoms with Crippen LogP contribution < -0.4 is 5.32 Å². The number of carbonyl (C=O) groups excluding carboxylic acids is 1. The molecule has 2 N–H and O–H groups in total. The number of cyclic esters (lactones) is 1. The van der Waals surface area contributed by atoms with Crippen LogP contribution in [0.2, 0.25) is 0 Å². The maximum Gasteiger partial charge on any atom is 0.338 e. The van der Waals surface area contributed by atoms with E-state index in [4.69, 9.17) is 9.84 Å². The van der Waals surface area contributed by atoms with E-state index in [0.29, 0.717) is 18.7 Å². The third kappa shape index (κ3) is 2.22. The molecule has 1 aromatic rings. The van der Waals surface area contributed by atoms with Crippen LogP contribution in [0.5, 0.6) is 0 Å². The van der Waals surface area contributed by atoms with Crippen LogP contribution in [-0.4, -0.2) is 24.2 Å². The van der Waals surface area contributed by atoms with Crippen molar-refractivity contribution in [1.29, 1.82) is 0 Å². The molecule has 1 aromatic carbocycles. The molecule has 0 bridgehead atoms. The number of aliphatic hydroxyl groups is 1. The molecule has 0 unspecified atom stereocenters. The zero-order chi connectivity index (χ0) is 9.97. The molecule has 0 atom stereocenters. The Hall–Kier alpha value is -1.26. The summed E-state index contributed by atoms with van der Waals surface area (Å²) in [5, 5.41) is 11.7. The Morgan fingerprint density at radius 2 is 2.27 bits per heavy atom. The number of hydrogen-bond donors (Lipinski definition) is 2. The summed E-state index contributed by atoms with van der Waals surface area (Å²) in [6.07, 6.45) is 0. The Morgan fingerprint density at radius 3 is 3.00 bits per heavy atom. The minimum absolute atomic E-state index is 0. The zero-order valence-corrected chi connectivity index (χ0v) is 8.84. The van der Waals surface area contributed by atoms with Gasteiger partial charge in [-0.25, -0.2) is 4.79 Å². The first kappa shape index (κ1) is 11.8. The standard InChI is InChI=1S/C10H11NO3.ClH/c12-5-4-11-9-3-1-2-7-8(9)6-14-10(7)13;/h1-3,11-12H,4-6H2;1H. The summed E-state index contributed by atoms with van der Waals surface area (Å²) < 4.78 is 4.90. The molecular weight excluding hydrogens is 218 g/mol. The topological polar surface area (TPSA) is 58.6 Å². The molecule has 0 amide bonds. The van der Waals surface area contributed by atoms with E-state index in [1.54, 1.807) is 12.1 Å². The lowest BCUT2D eigenvalue weighted by atomic mass is 10.1. The minimum Gasteiger partial charge on any atom is -0.457 e. The third-order valence-corrected chi connectivity index (χ3v) is 2.17. The number of ether oxygens (including phenoxy) is 1. The summed E-state index contributed by atoms with van der Waals surface area (Å²) in [7, 11) is 0. The normalized spacial score (nSPS) is 12.7. The van der Waals surface area contributed by atoms with Gasteiger partial charge in [-0.15, -0.1) is 12.4 Å². The molecule has 0 aromatic heterocycles. The fourth-order valence-corrected chi connectivity index (χ4v) is 1.51. The molecule has 5 heteroatoms. The van der Waals surface area contributed by atoms with Crippen molar-refractivity contribution in [1.82, 2.24) is 0 Å². The SMILES string of the molecule is Cl.O=C1OCc2c(NCCO)cccc21. The first-order valence-corrected chi connectivity index (χ1v) is 4.46. The fourth-order valence-electron chi connectivity index (χ4n) is 1.51. The van der Waals surface area contributed by atoms with E-state index >= 15 is 0 Å². The Bertz CT molecular complexity index is 368. The van der Waals surface area contributed by atoms with Crippen molar-refractivity contribution < 1.29 is 14.6 Å².